The van der Waals surface area contributed by atoms with E-state index in [-0.39, 0.29) is 11.9 Å². The normalized spacial score (nSPS) is 20.7. The van der Waals surface area contributed by atoms with Crippen molar-refractivity contribution in [2.75, 3.05) is 44.2 Å². The Morgan fingerprint density at radius 2 is 1.76 bits per heavy atom. The summed E-state index contributed by atoms with van der Waals surface area (Å²) >= 11 is 0. The van der Waals surface area contributed by atoms with Crippen LogP contribution in [0.5, 0.6) is 5.75 Å². The molecule has 1 atom stereocenters. The molecule has 7 nitrogen and oxygen atoms in total. The van der Waals surface area contributed by atoms with Gasteiger partial charge in [0.2, 0.25) is 11.8 Å². The van der Waals surface area contributed by atoms with E-state index in [0.717, 1.165) is 81.5 Å². The number of para-hydroxylation sites is 2. The second-order valence-electron chi connectivity index (χ2n) is 11.0. The number of fused-ring (bicyclic) bond motifs is 1. The molecule has 0 N–H and O–H groups in total. The van der Waals surface area contributed by atoms with Crippen LogP contribution in [0.25, 0.3) is 0 Å². The van der Waals surface area contributed by atoms with E-state index >= 15 is 0 Å². The van der Waals surface area contributed by atoms with Gasteiger partial charge in [0.15, 0.2) is 12.0 Å². The van der Waals surface area contributed by atoms with Gasteiger partial charge in [0, 0.05) is 50.9 Å². The Bertz CT molecular complexity index is 1320. The third-order valence-corrected chi connectivity index (χ3v) is 8.24. The number of aryl methyl sites for hydroxylation is 1. The van der Waals surface area contributed by atoms with Gasteiger partial charge in [0.25, 0.3) is 0 Å². The van der Waals surface area contributed by atoms with Crippen molar-refractivity contribution in [1.29, 1.82) is 0 Å². The third kappa shape index (κ3) is 6.68. The molecule has 3 aliphatic heterocycles. The first-order valence-corrected chi connectivity index (χ1v) is 14.9. The van der Waals surface area contributed by atoms with E-state index in [1.54, 1.807) is 12.5 Å². The zero-order valence-corrected chi connectivity index (χ0v) is 23.6. The Labute approximate surface area is 243 Å². The largest absolute Gasteiger partial charge is 0.494 e. The Kier molecular flexibility index (Phi) is 8.71. The van der Waals surface area contributed by atoms with E-state index in [2.05, 4.69) is 51.1 Å². The summed E-state index contributed by atoms with van der Waals surface area (Å²) in [5.41, 5.74) is 3.50. The van der Waals surface area contributed by atoms with Gasteiger partial charge in [-0.1, -0.05) is 54.6 Å². The highest BCUT2D eigenvalue weighted by Gasteiger charge is 2.33. The van der Waals surface area contributed by atoms with Gasteiger partial charge in [-0.25, -0.2) is 0 Å². The van der Waals surface area contributed by atoms with Gasteiger partial charge in [0.05, 0.1) is 6.61 Å². The lowest BCUT2D eigenvalue weighted by Gasteiger charge is -2.42. The number of carbonyl (C=O) groups is 1. The topological polar surface area (TPSA) is 54.5 Å². The van der Waals surface area contributed by atoms with Crippen LogP contribution >= 0.6 is 0 Å². The number of carbonyl (C=O) groups excluding carboxylic acids is 1. The maximum Gasteiger partial charge on any atom is 0.231 e. The maximum absolute atomic E-state index is 13.6. The minimum atomic E-state index is 0.163. The lowest BCUT2D eigenvalue weighted by atomic mass is 9.94. The predicted octanol–water partition coefficient (Wildman–Crippen LogP) is 5.77. The molecular weight excluding hydrogens is 514 g/mol. The highest BCUT2D eigenvalue weighted by Crippen LogP contribution is 2.32. The summed E-state index contributed by atoms with van der Waals surface area (Å²) in [5, 5.41) is 0. The van der Waals surface area contributed by atoms with E-state index in [0.29, 0.717) is 19.4 Å². The number of amides is 1. The lowest BCUT2D eigenvalue weighted by molar-refractivity contribution is -0.119. The third-order valence-electron chi connectivity index (χ3n) is 8.24. The fraction of sp³-hybridized carbons (Fsp3) is 0.382. The Hall–Kier alpha value is -3.97. The number of hydrogen-bond acceptors (Lipinski definition) is 6. The minimum absolute atomic E-state index is 0.163. The first kappa shape index (κ1) is 27.2. The highest BCUT2D eigenvalue weighted by atomic mass is 16.6. The molecule has 1 unspecified atom stereocenters. The molecule has 0 bridgehead atoms. The summed E-state index contributed by atoms with van der Waals surface area (Å²) in [6, 6.07) is 18.3. The van der Waals surface area contributed by atoms with Crippen molar-refractivity contribution in [3.05, 3.63) is 108 Å². The van der Waals surface area contributed by atoms with Crippen LogP contribution in [0.4, 0.5) is 5.69 Å². The summed E-state index contributed by atoms with van der Waals surface area (Å²) in [6.45, 7) is 4.95. The molecular formula is C34H39N3O4. The zero-order chi connectivity index (χ0) is 27.9. The number of rotatable bonds is 9. The van der Waals surface area contributed by atoms with Gasteiger partial charge in [0.1, 0.15) is 12.0 Å². The molecule has 214 valence electrons. The molecule has 2 aromatic rings. The van der Waals surface area contributed by atoms with E-state index in [1.165, 1.54) is 11.1 Å². The molecule has 3 heterocycles. The molecule has 1 fully saturated rings. The number of anilines is 1. The van der Waals surface area contributed by atoms with E-state index in [1.807, 2.05) is 36.4 Å². The second kappa shape index (κ2) is 13.1. The fourth-order valence-corrected chi connectivity index (χ4v) is 6.01. The molecule has 1 aliphatic carbocycles. The molecule has 1 saturated heterocycles. The molecule has 0 aromatic heterocycles. The average Bonchev–Trinajstić information content (AvgIpc) is 3.04. The van der Waals surface area contributed by atoms with Gasteiger partial charge in [-0.3, -0.25) is 9.69 Å². The number of nitrogens with zero attached hydrogens (tertiary/aromatic N) is 3. The molecule has 0 saturated carbocycles. The first-order valence-electron chi connectivity index (χ1n) is 14.9. The van der Waals surface area contributed by atoms with Crippen LogP contribution < -0.4 is 9.64 Å². The summed E-state index contributed by atoms with van der Waals surface area (Å²) in [5.74, 6) is 2.59. The van der Waals surface area contributed by atoms with Gasteiger partial charge in [-0.05, 0) is 61.4 Å². The monoisotopic (exact) mass is 553 g/mol. The Balaban J connectivity index is 1.02. The lowest BCUT2D eigenvalue weighted by Crippen LogP contribution is -2.54. The molecule has 1 amide bonds. The van der Waals surface area contributed by atoms with Crippen LogP contribution in [0.2, 0.25) is 0 Å². The van der Waals surface area contributed by atoms with E-state index in [9.17, 15) is 4.79 Å². The van der Waals surface area contributed by atoms with Gasteiger partial charge in [-0.2, -0.15) is 0 Å². The number of ether oxygens (including phenoxy) is 3. The van der Waals surface area contributed by atoms with E-state index < -0.39 is 0 Å². The van der Waals surface area contributed by atoms with Crippen molar-refractivity contribution in [3.8, 4) is 5.75 Å². The average molecular weight is 554 g/mol. The smallest absolute Gasteiger partial charge is 0.231 e. The van der Waals surface area contributed by atoms with Crippen LogP contribution in [0, 0.1) is 0 Å². The standard InChI is InChI=1S/C34H39N3O4/c38-33(16-9-23-39-30-13-5-2-6-14-30)37-29(18-17-27-10-7-8-15-31(27)37)24-35-19-21-36(22-20-35)34-26-40-32(25-41-34)28-11-3-1-4-12-28/h1-3,5-8,10-11,13-15,25-26,29H,4,9,12,16-24H2. The van der Waals surface area contributed by atoms with Crippen molar-refractivity contribution in [2.45, 2.75) is 44.6 Å². The fourth-order valence-electron chi connectivity index (χ4n) is 6.01. The number of hydrogen-bond donors (Lipinski definition) is 0. The Morgan fingerprint density at radius 1 is 0.927 bits per heavy atom. The van der Waals surface area contributed by atoms with Crippen LogP contribution in [0.3, 0.4) is 0 Å². The van der Waals surface area contributed by atoms with Crippen LogP contribution in [-0.4, -0.2) is 61.1 Å². The maximum atomic E-state index is 13.6. The molecule has 0 radical (unpaired) electrons. The van der Waals surface area contributed by atoms with Gasteiger partial charge >= 0.3 is 0 Å². The molecule has 41 heavy (non-hydrogen) atoms. The van der Waals surface area contributed by atoms with Crippen LogP contribution in [0.1, 0.15) is 37.7 Å². The molecule has 6 rings (SSSR count). The van der Waals surface area contributed by atoms with Gasteiger partial charge in [-0.15, -0.1) is 0 Å². The van der Waals surface area contributed by atoms with Crippen molar-refractivity contribution in [1.82, 2.24) is 9.80 Å². The summed E-state index contributed by atoms with van der Waals surface area (Å²) in [6.07, 6.45) is 14.9. The predicted molar refractivity (Wildman–Crippen MR) is 160 cm³/mol. The second-order valence-corrected chi connectivity index (χ2v) is 11.0. The van der Waals surface area contributed by atoms with Crippen molar-refractivity contribution in [3.63, 3.8) is 0 Å². The molecule has 2 aromatic carbocycles. The van der Waals surface area contributed by atoms with Crippen molar-refractivity contribution >= 4 is 11.6 Å². The van der Waals surface area contributed by atoms with Crippen LogP contribution in [0.15, 0.2) is 103 Å². The molecule has 7 heteroatoms. The first-order chi connectivity index (χ1) is 20.2. The summed E-state index contributed by atoms with van der Waals surface area (Å²) in [7, 11) is 0. The number of benzene rings is 2. The summed E-state index contributed by atoms with van der Waals surface area (Å²) in [4.78, 5) is 20.4. The molecule has 4 aliphatic rings. The Morgan fingerprint density at radius 3 is 2.54 bits per heavy atom. The van der Waals surface area contributed by atoms with Gasteiger partial charge < -0.3 is 24.0 Å². The minimum Gasteiger partial charge on any atom is -0.494 e. The number of allylic oxidation sites excluding steroid dienone is 4. The van der Waals surface area contributed by atoms with Crippen LogP contribution in [-0.2, 0) is 20.7 Å². The molecule has 0 spiro atoms. The van der Waals surface area contributed by atoms with E-state index in [4.69, 9.17) is 14.2 Å². The zero-order valence-electron chi connectivity index (χ0n) is 23.6. The van der Waals surface area contributed by atoms with Crippen molar-refractivity contribution in [2.24, 2.45) is 0 Å². The number of piperazine rings is 1. The highest BCUT2D eigenvalue weighted by molar-refractivity contribution is 5.95. The summed E-state index contributed by atoms with van der Waals surface area (Å²) < 4.78 is 17.8. The quantitative estimate of drug-likeness (QED) is 0.367. The van der Waals surface area contributed by atoms with Crippen molar-refractivity contribution < 1.29 is 19.0 Å². The SMILES string of the molecule is O=C(CCCOc1ccccc1)N1c2ccccc2CCC1CN1CCN(C2=COC(C3=CC=CCC3)=CO2)CC1.